The van der Waals surface area contributed by atoms with E-state index in [0.29, 0.717) is 5.02 Å². The Morgan fingerprint density at radius 2 is 1.92 bits per heavy atom. The van der Waals surface area contributed by atoms with Gasteiger partial charge in [0.25, 0.3) is 0 Å². The summed E-state index contributed by atoms with van der Waals surface area (Å²) in [4.78, 5) is 0. The molecule has 2 aromatic carbocycles. The third-order valence-corrected chi connectivity index (χ3v) is 2.12. The third kappa shape index (κ3) is 1.16. The van der Waals surface area contributed by atoms with Gasteiger partial charge in [0, 0.05) is 10.4 Å². The Morgan fingerprint density at radius 3 is 2.75 bits per heavy atom. The van der Waals surface area contributed by atoms with Gasteiger partial charge in [0.15, 0.2) is 0 Å². The predicted molar refractivity (Wildman–Crippen MR) is 48.9 cm³/mol. The molecule has 0 spiro atoms. The molecule has 2 heteroatoms. The van der Waals surface area contributed by atoms with Crippen molar-refractivity contribution in [1.82, 2.24) is 0 Å². The van der Waals surface area contributed by atoms with E-state index in [2.05, 4.69) is 0 Å². The van der Waals surface area contributed by atoms with Gasteiger partial charge < -0.3 is 0 Å². The molecule has 2 aromatic rings. The highest BCUT2D eigenvalue weighted by molar-refractivity contribution is 6.35. The maximum atomic E-state index is 12.7. The monoisotopic (exact) mass is 180 g/mol. The number of rotatable bonds is 0. The Morgan fingerprint density at radius 1 is 1.08 bits per heavy atom. The summed E-state index contributed by atoms with van der Waals surface area (Å²) in [6.07, 6.45) is 0. The van der Waals surface area contributed by atoms with Crippen molar-refractivity contribution in [2.75, 3.05) is 0 Å². The maximum Gasteiger partial charge on any atom is 0.123 e. The molecule has 0 atom stereocenters. The molecule has 0 aromatic heterocycles. The van der Waals surface area contributed by atoms with E-state index in [0.717, 1.165) is 10.8 Å². The minimum atomic E-state index is -0.232. The summed E-state index contributed by atoms with van der Waals surface area (Å²) in [5, 5.41) is 2.38. The lowest BCUT2D eigenvalue weighted by atomic mass is 10.1. The number of fused-ring (bicyclic) bond motifs is 1. The molecule has 12 heavy (non-hydrogen) atoms. The van der Waals surface area contributed by atoms with Crippen LogP contribution >= 0.6 is 11.6 Å². The molecule has 0 saturated heterocycles. The molecule has 0 heterocycles. The molecule has 0 fully saturated rings. The Hall–Kier alpha value is -1.08. The van der Waals surface area contributed by atoms with E-state index in [4.69, 9.17) is 11.6 Å². The highest BCUT2D eigenvalue weighted by atomic mass is 35.5. The molecule has 0 radical (unpaired) electrons. The van der Waals surface area contributed by atoms with E-state index in [1.165, 1.54) is 12.1 Å². The number of benzene rings is 2. The van der Waals surface area contributed by atoms with Gasteiger partial charge in [0.1, 0.15) is 5.82 Å². The molecule has 60 valence electrons. The molecule has 0 aliphatic rings. The van der Waals surface area contributed by atoms with Gasteiger partial charge in [0.05, 0.1) is 0 Å². The average molecular weight is 181 g/mol. The van der Waals surface area contributed by atoms with Crippen LogP contribution in [0, 0.1) is 5.82 Å². The lowest BCUT2D eigenvalue weighted by Crippen LogP contribution is -1.76. The van der Waals surface area contributed by atoms with Crippen LogP contribution in [0.15, 0.2) is 36.4 Å². The summed E-state index contributed by atoms with van der Waals surface area (Å²) in [7, 11) is 0. The van der Waals surface area contributed by atoms with Crippen LogP contribution < -0.4 is 0 Å². The van der Waals surface area contributed by atoms with Crippen LogP contribution in [0.25, 0.3) is 10.8 Å². The van der Waals surface area contributed by atoms with Gasteiger partial charge in [-0.3, -0.25) is 0 Å². The lowest BCUT2D eigenvalue weighted by Gasteiger charge is -1.98. The fourth-order valence-electron chi connectivity index (χ4n) is 1.22. The first kappa shape index (κ1) is 7.56. The molecule has 0 bridgehead atoms. The van der Waals surface area contributed by atoms with Crippen LogP contribution in [0.2, 0.25) is 5.02 Å². The van der Waals surface area contributed by atoms with Crippen LogP contribution in [0.4, 0.5) is 4.39 Å². The van der Waals surface area contributed by atoms with Crippen molar-refractivity contribution in [2.45, 2.75) is 0 Å². The van der Waals surface area contributed by atoms with Crippen LogP contribution in [-0.2, 0) is 0 Å². The summed E-state index contributed by atoms with van der Waals surface area (Å²) in [5.41, 5.74) is 0. The van der Waals surface area contributed by atoms with Gasteiger partial charge in [-0.05, 0) is 29.7 Å². The first-order valence-corrected chi connectivity index (χ1v) is 3.99. The van der Waals surface area contributed by atoms with Crippen molar-refractivity contribution >= 4 is 22.4 Å². The number of halogens is 2. The summed E-state index contributed by atoms with van der Waals surface area (Å²) in [5.74, 6) is -0.232. The molecule has 0 N–H and O–H groups in total. The molecule has 0 nitrogen and oxygen atoms in total. The first-order chi connectivity index (χ1) is 5.77. The molecule has 0 unspecified atom stereocenters. The topological polar surface area (TPSA) is 0 Å². The number of hydrogen-bond donors (Lipinski definition) is 0. The number of hydrogen-bond acceptors (Lipinski definition) is 0. The SMILES string of the molecule is Fc1ccc2c(Cl)cccc2c1. The zero-order valence-electron chi connectivity index (χ0n) is 6.22. The highest BCUT2D eigenvalue weighted by Gasteiger charge is 1.98. The molecule has 0 aliphatic heterocycles. The van der Waals surface area contributed by atoms with E-state index in [-0.39, 0.29) is 5.82 Å². The molecule has 0 amide bonds. The summed E-state index contributed by atoms with van der Waals surface area (Å²) >= 11 is 5.89. The van der Waals surface area contributed by atoms with E-state index in [1.54, 1.807) is 12.1 Å². The second-order valence-electron chi connectivity index (χ2n) is 2.61. The van der Waals surface area contributed by atoms with Gasteiger partial charge >= 0.3 is 0 Å². The van der Waals surface area contributed by atoms with E-state index >= 15 is 0 Å². The van der Waals surface area contributed by atoms with Gasteiger partial charge in [-0.25, -0.2) is 4.39 Å². The molecule has 2 rings (SSSR count). The summed E-state index contributed by atoms with van der Waals surface area (Å²) < 4.78 is 12.7. The fraction of sp³-hybridized carbons (Fsp3) is 0. The van der Waals surface area contributed by atoms with Gasteiger partial charge in [-0.1, -0.05) is 23.7 Å². The largest absolute Gasteiger partial charge is 0.207 e. The Kier molecular flexibility index (Phi) is 1.74. The Balaban J connectivity index is 2.86. The van der Waals surface area contributed by atoms with Gasteiger partial charge in [0.2, 0.25) is 0 Å². The molecule has 0 saturated carbocycles. The Bertz CT molecular complexity index is 423. The average Bonchev–Trinajstić information content (AvgIpc) is 2.04. The Labute approximate surface area is 74.6 Å². The van der Waals surface area contributed by atoms with Crippen molar-refractivity contribution in [1.29, 1.82) is 0 Å². The van der Waals surface area contributed by atoms with E-state index < -0.39 is 0 Å². The van der Waals surface area contributed by atoms with Crippen LogP contribution in [0.5, 0.6) is 0 Å². The normalized spacial score (nSPS) is 10.5. The van der Waals surface area contributed by atoms with Crippen molar-refractivity contribution < 1.29 is 4.39 Å². The highest BCUT2D eigenvalue weighted by Crippen LogP contribution is 2.23. The van der Waals surface area contributed by atoms with E-state index in [1.807, 2.05) is 12.1 Å². The van der Waals surface area contributed by atoms with Crippen molar-refractivity contribution in [3.63, 3.8) is 0 Å². The molecular weight excluding hydrogens is 175 g/mol. The minimum Gasteiger partial charge on any atom is -0.207 e. The summed E-state index contributed by atoms with van der Waals surface area (Å²) in [6, 6.07) is 10.0. The maximum absolute atomic E-state index is 12.7. The molecule has 0 aliphatic carbocycles. The minimum absolute atomic E-state index is 0.232. The molecular formula is C10H6ClF. The van der Waals surface area contributed by atoms with Crippen LogP contribution in [0.3, 0.4) is 0 Å². The van der Waals surface area contributed by atoms with Crippen LogP contribution in [0.1, 0.15) is 0 Å². The second-order valence-corrected chi connectivity index (χ2v) is 3.01. The van der Waals surface area contributed by atoms with Gasteiger partial charge in [-0.15, -0.1) is 0 Å². The zero-order chi connectivity index (χ0) is 8.55. The van der Waals surface area contributed by atoms with Crippen molar-refractivity contribution in [3.8, 4) is 0 Å². The van der Waals surface area contributed by atoms with Gasteiger partial charge in [-0.2, -0.15) is 0 Å². The summed E-state index contributed by atoms with van der Waals surface area (Å²) in [6.45, 7) is 0. The smallest absolute Gasteiger partial charge is 0.123 e. The second kappa shape index (κ2) is 2.76. The third-order valence-electron chi connectivity index (χ3n) is 1.79. The van der Waals surface area contributed by atoms with Crippen molar-refractivity contribution in [2.24, 2.45) is 0 Å². The quantitative estimate of drug-likeness (QED) is 0.581. The fourth-order valence-corrected chi connectivity index (χ4v) is 1.46. The van der Waals surface area contributed by atoms with Crippen molar-refractivity contribution in [3.05, 3.63) is 47.2 Å². The lowest BCUT2D eigenvalue weighted by molar-refractivity contribution is 0.630. The zero-order valence-corrected chi connectivity index (χ0v) is 6.98. The van der Waals surface area contributed by atoms with E-state index in [9.17, 15) is 4.39 Å². The standard InChI is InChI=1S/C10H6ClF/c11-10-3-1-2-7-6-8(12)4-5-9(7)10/h1-6H. The first-order valence-electron chi connectivity index (χ1n) is 3.61. The predicted octanol–water partition coefficient (Wildman–Crippen LogP) is 3.63. The van der Waals surface area contributed by atoms with Crippen LogP contribution in [-0.4, -0.2) is 0 Å².